The summed E-state index contributed by atoms with van der Waals surface area (Å²) >= 11 is 0. The van der Waals surface area contributed by atoms with Crippen LogP contribution in [0.1, 0.15) is 24.0 Å². The highest BCUT2D eigenvalue weighted by atomic mass is 79.9. The van der Waals surface area contributed by atoms with Crippen molar-refractivity contribution in [1.82, 2.24) is 10.4 Å². The van der Waals surface area contributed by atoms with E-state index in [0.29, 0.717) is 18.8 Å². The number of rotatable bonds is 5. The molecule has 2 aromatic carbocycles. The van der Waals surface area contributed by atoms with Crippen LogP contribution >= 0.6 is 17.0 Å². The first-order valence-electron chi connectivity index (χ1n) is 8.03. The number of nitriles is 1. The van der Waals surface area contributed by atoms with Crippen molar-refractivity contribution in [3.05, 3.63) is 83.7 Å². The summed E-state index contributed by atoms with van der Waals surface area (Å²) < 4.78 is 0. The van der Waals surface area contributed by atoms with Gasteiger partial charge >= 0.3 is 0 Å². The van der Waals surface area contributed by atoms with Crippen molar-refractivity contribution in [2.24, 2.45) is 5.73 Å². The molecule has 0 saturated carbocycles. The Labute approximate surface area is 159 Å². The first-order chi connectivity index (χ1) is 11.8. The topological polar surface area (TPSA) is 65.1 Å². The first kappa shape index (κ1) is 18.6. The number of unbranched alkanes of at least 4 members (excludes halogenated alkanes) is 1. The number of hydrogen-bond acceptors (Lipinski definition) is 4. The Morgan fingerprint density at radius 1 is 0.960 bits per heavy atom. The largest absolute Gasteiger partial charge is 0.383 e. The van der Waals surface area contributed by atoms with Crippen LogP contribution in [0.4, 0.5) is 0 Å². The zero-order valence-corrected chi connectivity index (χ0v) is 15.6. The van der Waals surface area contributed by atoms with Gasteiger partial charge in [0.2, 0.25) is 0 Å². The van der Waals surface area contributed by atoms with E-state index >= 15 is 0 Å². The number of halogens is 1. The van der Waals surface area contributed by atoms with Gasteiger partial charge in [0.1, 0.15) is 5.82 Å². The second-order valence-corrected chi connectivity index (χ2v) is 5.61. The number of nitrogens with two attached hydrogens (primary N) is 1. The fourth-order valence-electron chi connectivity index (χ4n) is 2.71. The maximum atomic E-state index is 8.78. The molecule has 0 atom stereocenters. The van der Waals surface area contributed by atoms with E-state index in [1.807, 2.05) is 41.4 Å². The van der Waals surface area contributed by atoms with E-state index in [1.54, 1.807) is 0 Å². The summed E-state index contributed by atoms with van der Waals surface area (Å²) in [6, 6.07) is 22.5. The van der Waals surface area contributed by atoms with Crippen molar-refractivity contribution >= 4 is 28.3 Å². The third-order valence-electron chi connectivity index (χ3n) is 3.95. The van der Waals surface area contributed by atoms with Gasteiger partial charge in [0.25, 0.3) is 0 Å². The summed E-state index contributed by atoms with van der Waals surface area (Å²) in [6.45, 7) is 0.680. The predicted octanol–water partition coefficient (Wildman–Crippen LogP) is 4.06. The van der Waals surface area contributed by atoms with Crippen LogP contribution in [0.25, 0.3) is 11.3 Å². The van der Waals surface area contributed by atoms with Gasteiger partial charge in [-0.05, 0) is 23.6 Å². The van der Waals surface area contributed by atoms with Crippen molar-refractivity contribution in [3.8, 4) is 6.07 Å². The molecule has 0 spiro atoms. The van der Waals surface area contributed by atoms with E-state index in [2.05, 4.69) is 41.8 Å². The van der Waals surface area contributed by atoms with E-state index in [9.17, 15) is 0 Å². The number of nitrogens with one attached hydrogen (secondary N) is 1. The molecule has 3 rings (SSSR count). The highest BCUT2D eigenvalue weighted by molar-refractivity contribution is 8.93. The van der Waals surface area contributed by atoms with Gasteiger partial charge in [-0.2, -0.15) is 5.26 Å². The van der Waals surface area contributed by atoms with Gasteiger partial charge in [0.15, 0.2) is 0 Å². The third-order valence-corrected chi connectivity index (χ3v) is 3.95. The molecule has 3 N–H and O–H groups in total. The van der Waals surface area contributed by atoms with Crippen LogP contribution in [0.15, 0.2) is 72.6 Å². The number of hydrazine groups is 1. The molecule has 2 aromatic rings. The second-order valence-electron chi connectivity index (χ2n) is 5.61. The molecular formula is C20H21BrN4. The fraction of sp³-hybridized carbons (Fsp3) is 0.150. The van der Waals surface area contributed by atoms with Crippen LogP contribution in [-0.4, -0.2) is 11.6 Å². The maximum absolute atomic E-state index is 8.78. The molecule has 0 bridgehead atoms. The second kappa shape index (κ2) is 8.95. The lowest BCUT2D eigenvalue weighted by atomic mass is 10.0. The Kier molecular flexibility index (Phi) is 6.67. The molecule has 0 radical (unpaired) electrons. The van der Waals surface area contributed by atoms with Crippen molar-refractivity contribution in [1.29, 1.82) is 5.26 Å². The monoisotopic (exact) mass is 396 g/mol. The van der Waals surface area contributed by atoms with Gasteiger partial charge in [-0.1, -0.05) is 60.7 Å². The minimum absolute atomic E-state index is 0. The highest BCUT2D eigenvalue weighted by Crippen LogP contribution is 2.28. The van der Waals surface area contributed by atoms with Crippen LogP contribution in [0.2, 0.25) is 0 Å². The molecular weight excluding hydrogens is 376 g/mol. The highest BCUT2D eigenvalue weighted by Gasteiger charge is 2.19. The van der Waals surface area contributed by atoms with Crippen molar-refractivity contribution in [3.63, 3.8) is 0 Å². The smallest absolute Gasteiger partial charge is 0.126 e. The molecule has 1 heterocycles. The fourth-order valence-corrected chi connectivity index (χ4v) is 2.71. The third kappa shape index (κ3) is 4.43. The van der Waals surface area contributed by atoms with Gasteiger partial charge in [-0.3, -0.25) is 10.4 Å². The van der Waals surface area contributed by atoms with Gasteiger partial charge in [-0.15, -0.1) is 17.0 Å². The summed E-state index contributed by atoms with van der Waals surface area (Å²) in [5, 5.41) is 10.7. The predicted molar refractivity (Wildman–Crippen MR) is 107 cm³/mol. The SMILES string of the molecule is Br.N#CCCCN1NC(c2ccccc2)=CC(c2ccccc2)=C1N. The molecule has 4 nitrogen and oxygen atoms in total. The Morgan fingerprint density at radius 2 is 1.56 bits per heavy atom. The zero-order valence-electron chi connectivity index (χ0n) is 13.9. The van der Waals surface area contributed by atoms with E-state index in [-0.39, 0.29) is 17.0 Å². The van der Waals surface area contributed by atoms with E-state index in [0.717, 1.165) is 28.8 Å². The van der Waals surface area contributed by atoms with Gasteiger partial charge in [-0.25, -0.2) is 0 Å². The molecule has 5 heteroatoms. The van der Waals surface area contributed by atoms with E-state index < -0.39 is 0 Å². The van der Waals surface area contributed by atoms with Gasteiger partial charge in [0.05, 0.1) is 11.8 Å². The summed E-state index contributed by atoms with van der Waals surface area (Å²) in [7, 11) is 0. The Balaban J connectivity index is 0.00000225. The first-order valence-corrected chi connectivity index (χ1v) is 8.03. The molecule has 128 valence electrons. The van der Waals surface area contributed by atoms with E-state index in [1.165, 1.54) is 0 Å². The molecule has 1 aliphatic rings. The minimum Gasteiger partial charge on any atom is -0.383 e. The van der Waals surface area contributed by atoms with Crippen LogP contribution < -0.4 is 11.2 Å². The van der Waals surface area contributed by atoms with Crippen LogP contribution in [0.5, 0.6) is 0 Å². The maximum Gasteiger partial charge on any atom is 0.126 e. The Hall–Kier alpha value is -2.71. The van der Waals surface area contributed by atoms with Gasteiger partial charge in [0, 0.05) is 18.5 Å². The van der Waals surface area contributed by atoms with Crippen LogP contribution in [-0.2, 0) is 0 Å². The number of hydrogen-bond donors (Lipinski definition) is 2. The standard InChI is InChI=1S/C20H20N4.BrH/c21-13-7-8-14-24-20(22)18(16-9-3-1-4-10-16)15-19(23-24)17-11-5-2-6-12-17;/h1-6,9-12,15,23H,7-8,14,22H2;1H. The lowest BCUT2D eigenvalue weighted by Gasteiger charge is -2.33. The zero-order chi connectivity index (χ0) is 16.8. The Morgan fingerprint density at radius 3 is 2.16 bits per heavy atom. The number of benzene rings is 2. The average Bonchev–Trinajstić information content (AvgIpc) is 2.65. The van der Waals surface area contributed by atoms with Crippen molar-refractivity contribution < 1.29 is 0 Å². The van der Waals surface area contributed by atoms with Crippen molar-refractivity contribution in [2.45, 2.75) is 12.8 Å². The lowest BCUT2D eigenvalue weighted by Crippen LogP contribution is -2.42. The number of allylic oxidation sites excluding steroid dienone is 2. The molecule has 1 aliphatic heterocycles. The summed E-state index contributed by atoms with van der Waals surface area (Å²) in [6.07, 6.45) is 3.35. The van der Waals surface area contributed by atoms with Crippen molar-refractivity contribution in [2.75, 3.05) is 6.54 Å². The molecule has 0 fully saturated rings. The number of nitrogens with zero attached hydrogens (tertiary/aromatic N) is 2. The van der Waals surface area contributed by atoms with E-state index in [4.69, 9.17) is 11.0 Å². The lowest BCUT2D eigenvalue weighted by molar-refractivity contribution is 0.287. The molecule has 0 saturated heterocycles. The normalized spacial score (nSPS) is 13.4. The van der Waals surface area contributed by atoms with Gasteiger partial charge < -0.3 is 5.73 Å². The summed E-state index contributed by atoms with van der Waals surface area (Å²) in [5.74, 6) is 0.679. The van der Waals surface area contributed by atoms with Crippen LogP contribution in [0.3, 0.4) is 0 Å². The molecule has 25 heavy (non-hydrogen) atoms. The summed E-state index contributed by atoms with van der Waals surface area (Å²) in [5.41, 5.74) is 13.9. The Bertz CT molecular complexity index is 791. The molecule has 0 amide bonds. The molecule has 0 unspecified atom stereocenters. The molecule has 0 aromatic heterocycles. The molecule has 0 aliphatic carbocycles. The summed E-state index contributed by atoms with van der Waals surface area (Å²) in [4.78, 5) is 0. The van der Waals surface area contributed by atoms with Crippen LogP contribution in [0, 0.1) is 11.3 Å². The average molecular weight is 397 g/mol. The minimum atomic E-state index is 0. The quantitative estimate of drug-likeness (QED) is 0.747.